The number of carbonyl (C=O) groups is 1. The molecule has 0 unspecified atom stereocenters. The second-order valence-corrected chi connectivity index (χ2v) is 8.00. The summed E-state index contributed by atoms with van der Waals surface area (Å²) in [6.07, 6.45) is 0.973. The van der Waals surface area contributed by atoms with E-state index in [1.807, 2.05) is 49.0 Å². The largest absolute Gasteiger partial charge is 0.295 e. The molecule has 3 aromatic rings. The van der Waals surface area contributed by atoms with Crippen LogP contribution in [0.4, 0.5) is 5.69 Å². The molecule has 1 aromatic heterocycles. The molecule has 0 bridgehead atoms. The third-order valence-corrected chi connectivity index (χ3v) is 6.52. The molecule has 2 aromatic carbocycles. The number of amides is 1. The molecule has 0 saturated carbocycles. The first kappa shape index (κ1) is 18.6. The molecular weight excluding hydrogens is 370 g/mol. The maximum atomic E-state index is 13.4. The maximum Gasteiger partial charge on any atom is 0.295 e. The van der Waals surface area contributed by atoms with Crippen molar-refractivity contribution in [1.82, 2.24) is 9.36 Å². The molecule has 0 aliphatic carbocycles. The van der Waals surface area contributed by atoms with Crippen LogP contribution in [0.1, 0.15) is 29.1 Å². The van der Waals surface area contributed by atoms with E-state index < -0.39 is 0 Å². The number of aromatic nitrogens is 2. The Morgan fingerprint density at radius 3 is 2.36 bits per heavy atom. The normalized spacial score (nSPS) is 16.8. The van der Waals surface area contributed by atoms with Gasteiger partial charge in [-0.3, -0.25) is 19.2 Å². The summed E-state index contributed by atoms with van der Waals surface area (Å²) in [6, 6.07) is 17.8. The average Bonchev–Trinajstić information content (AvgIpc) is 3.19. The number of carbonyl (C=O) groups excluding carboxylic acids is 1. The van der Waals surface area contributed by atoms with Crippen molar-refractivity contribution in [2.75, 3.05) is 10.7 Å². The quantitative estimate of drug-likeness (QED) is 0.677. The number of para-hydroxylation sites is 1. The summed E-state index contributed by atoms with van der Waals surface area (Å²) in [5.41, 5.74) is 4.16. The van der Waals surface area contributed by atoms with Crippen LogP contribution in [0.25, 0.3) is 5.69 Å². The van der Waals surface area contributed by atoms with Crippen LogP contribution in [0, 0.1) is 6.92 Å². The van der Waals surface area contributed by atoms with Crippen molar-refractivity contribution < 1.29 is 4.79 Å². The number of aryl methyl sites for hydroxylation is 1. The van der Waals surface area contributed by atoms with Gasteiger partial charge in [0.2, 0.25) is 5.91 Å². The Kier molecular flexibility index (Phi) is 4.89. The minimum Gasteiger partial charge on any atom is -0.288 e. The third-order valence-electron chi connectivity index (χ3n) is 5.31. The van der Waals surface area contributed by atoms with Gasteiger partial charge in [0, 0.05) is 7.05 Å². The van der Waals surface area contributed by atoms with Gasteiger partial charge in [-0.25, -0.2) is 4.68 Å². The smallest absolute Gasteiger partial charge is 0.288 e. The number of thioether (sulfide) groups is 1. The van der Waals surface area contributed by atoms with Crippen LogP contribution in [0.3, 0.4) is 0 Å². The summed E-state index contributed by atoms with van der Waals surface area (Å²) < 4.78 is 3.44. The Balaban J connectivity index is 1.82. The average molecular weight is 394 g/mol. The van der Waals surface area contributed by atoms with Crippen LogP contribution in [-0.4, -0.2) is 21.0 Å². The highest BCUT2D eigenvalue weighted by Gasteiger charge is 2.38. The van der Waals surface area contributed by atoms with Crippen LogP contribution in [-0.2, 0) is 18.3 Å². The van der Waals surface area contributed by atoms with E-state index in [0.717, 1.165) is 23.4 Å². The Morgan fingerprint density at radius 2 is 1.71 bits per heavy atom. The van der Waals surface area contributed by atoms with Crippen LogP contribution in [0.5, 0.6) is 0 Å². The first-order chi connectivity index (χ1) is 13.5. The Morgan fingerprint density at radius 1 is 1.04 bits per heavy atom. The van der Waals surface area contributed by atoms with Crippen molar-refractivity contribution in [3.05, 3.63) is 81.8 Å². The fraction of sp³-hybridized carbons (Fsp3) is 0.273. The first-order valence-corrected chi connectivity index (χ1v) is 10.4. The molecule has 1 aliphatic heterocycles. The van der Waals surface area contributed by atoms with Gasteiger partial charge in [0.15, 0.2) is 0 Å². The zero-order valence-electron chi connectivity index (χ0n) is 16.3. The first-order valence-electron chi connectivity index (χ1n) is 9.39. The molecule has 1 amide bonds. The topological polar surface area (TPSA) is 47.2 Å². The molecule has 0 N–H and O–H groups in total. The summed E-state index contributed by atoms with van der Waals surface area (Å²) >= 11 is 1.57. The summed E-state index contributed by atoms with van der Waals surface area (Å²) in [4.78, 5) is 27.8. The molecule has 0 radical (unpaired) electrons. The van der Waals surface area contributed by atoms with E-state index in [0.29, 0.717) is 11.4 Å². The number of rotatable bonds is 4. The monoisotopic (exact) mass is 393 g/mol. The van der Waals surface area contributed by atoms with Gasteiger partial charge in [0.05, 0.1) is 17.1 Å². The predicted octanol–water partition coefficient (Wildman–Crippen LogP) is 3.83. The Hall–Kier alpha value is -2.73. The number of nitrogens with zero attached hydrogens (tertiary/aromatic N) is 3. The lowest BCUT2D eigenvalue weighted by Crippen LogP contribution is -2.33. The molecule has 1 fully saturated rings. The minimum atomic E-state index is -0.184. The maximum absolute atomic E-state index is 13.4. The molecular formula is C22H23N3O2S. The van der Waals surface area contributed by atoms with Crippen LogP contribution >= 0.6 is 11.8 Å². The van der Waals surface area contributed by atoms with Gasteiger partial charge >= 0.3 is 0 Å². The zero-order valence-corrected chi connectivity index (χ0v) is 17.1. The molecule has 1 saturated heterocycles. The van der Waals surface area contributed by atoms with Crippen molar-refractivity contribution >= 4 is 23.4 Å². The molecule has 1 aliphatic rings. The van der Waals surface area contributed by atoms with Crippen LogP contribution in [0.15, 0.2) is 59.4 Å². The van der Waals surface area contributed by atoms with Crippen molar-refractivity contribution in [3.63, 3.8) is 0 Å². The van der Waals surface area contributed by atoms with E-state index in [2.05, 4.69) is 31.2 Å². The van der Waals surface area contributed by atoms with E-state index in [1.54, 1.807) is 21.3 Å². The lowest BCUT2D eigenvalue weighted by Gasteiger charge is -2.23. The van der Waals surface area contributed by atoms with Gasteiger partial charge in [0.1, 0.15) is 11.1 Å². The molecule has 144 valence electrons. The lowest BCUT2D eigenvalue weighted by molar-refractivity contribution is -0.115. The summed E-state index contributed by atoms with van der Waals surface area (Å²) in [7, 11) is 1.85. The minimum absolute atomic E-state index is 0.0272. The van der Waals surface area contributed by atoms with Gasteiger partial charge in [-0.15, -0.1) is 11.8 Å². The number of hydrogen-bond donors (Lipinski definition) is 0. The second-order valence-electron chi connectivity index (χ2n) is 6.93. The van der Waals surface area contributed by atoms with Crippen LogP contribution < -0.4 is 10.5 Å². The van der Waals surface area contributed by atoms with E-state index >= 15 is 0 Å². The molecule has 4 rings (SSSR count). The summed E-state index contributed by atoms with van der Waals surface area (Å²) in [6.45, 7) is 4.01. The fourth-order valence-electron chi connectivity index (χ4n) is 3.66. The van der Waals surface area contributed by atoms with Crippen molar-refractivity contribution in [2.24, 2.45) is 7.05 Å². The van der Waals surface area contributed by atoms with E-state index in [4.69, 9.17) is 0 Å². The third kappa shape index (κ3) is 2.98. The molecule has 6 heteroatoms. The molecule has 5 nitrogen and oxygen atoms in total. The highest BCUT2D eigenvalue weighted by Crippen LogP contribution is 2.41. The Labute approximate surface area is 168 Å². The Bertz CT molecular complexity index is 1070. The zero-order chi connectivity index (χ0) is 19.8. The molecule has 0 spiro atoms. The van der Waals surface area contributed by atoms with Crippen molar-refractivity contribution in [2.45, 2.75) is 25.6 Å². The predicted molar refractivity (Wildman–Crippen MR) is 114 cm³/mol. The molecule has 28 heavy (non-hydrogen) atoms. The van der Waals surface area contributed by atoms with Gasteiger partial charge in [-0.05, 0) is 36.6 Å². The summed E-state index contributed by atoms with van der Waals surface area (Å²) in [5.74, 6) is 0.347. The number of anilines is 1. The van der Waals surface area contributed by atoms with Gasteiger partial charge in [-0.1, -0.05) is 49.4 Å². The number of benzene rings is 2. The SMILES string of the molecule is CCc1ccc([C@H]2SCC(=O)N2c2c(C)n(C)n(-c3ccccc3)c2=O)cc1. The van der Waals surface area contributed by atoms with Gasteiger partial charge < -0.3 is 0 Å². The fourth-order valence-corrected chi connectivity index (χ4v) is 4.82. The van der Waals surface area contributed by atoms with Gasteiger partial charge in [0.25, 0.3) is 5.56 Å². The lowest BCUT2D eigenvalue weighted by atomic mass is 10.1. The summed E-state index contributed by atoms with van der Waals surface area (Å²) in [5, 5.41) is -0.184. The van der Waals surface area contributed by atoms with E-state index in [-0.39, 0.29) is 16.8 Å². The molecule has 2 heterocycles. The highest BCUT2D eigenvalue weighted by atomic mass is 32.2. The van der Waals surface area contributed by atoms with Crippen molar-refractivity contribution in [3.8, 4) is 5.69 Å². The van der Waals surface area contributed by atoms with Crippen molar-refractivity contribution in [1.29, 1.82) is 0 Å². The standard InChI is InChI=1S/C22H23N3O2S/c1-4-16-10-12-17(13-11-16)22-24(19(26)14-28-22)20-15(2)23(3)25(21(20)27)18-8-6-5-7-9-18/h5-13,22H,4,14H2,1-3H3/t22-/m1/s1. The molecule has 1 atom stereocenters. The number of hydrogen-bond acceptors (Lipinski definition) is 3. The highest BCUT2D eigenvalue weighted by molar-refractivity contribution is 8.00. The van der Waals surface area contributed by atoms with E-state index in [9.17, 15) is 9.59 Å². The van der Waals surface area contributed by atoms with E-state index in [1.165, 1.54) is 5.56 Å². The second kappa shape index (κ2) is 7.36. The van der Waals surface area contributed by atoms with Crippen LogP contribution in [0.2, 0.25) is 0 Å². The van der Waals surface area contributed by atoms with Gasteiger partial charge in [-0.2, -0.15) is 0 Å².